The molecule has 0 amide bonds. The van der Waals surface area contributed by atoms with E-state index in [2.05, 4.69) is 6.58 Å². The van der Waals surface area contributed by atoms with Gasteiger partial charge in [0.1, 0.15) is 0 Å². The van der Waals surface area contributed by atoms with E-state index in [0.29, 0.717) is 24.8 Å². The van der Waals surface area contributed by atoms with E-state index in [0.717, 1.165) is 0 Å². The number of rotatable bonds is 7. The Morgan fingerprint density at radius 1 is 1.23 bits per heavy atom. The lowest BCUT2D eigenvalue weighted by Gasteiger charge is -2.04. The second-order valence-corrected chi connectivity index (χ2v) is 2.64. The van der Waals surface area contributed by atoms with Crippen LogP contribution >= 0.6 is 0 Å². The van der Waals surface area contributed by atoms with Gasteiger partial charge in [-0.05, 0) is 12.8 Å². The number of hydrogen-bond acceptors (Lipinski definition) is 4. The number of hydrogen-bond donors (Lipinski definition) is 2. The van der Waals surface area contributed by atoms with E-state index in [-0.39, 0.29) is 19.8 Å². The molecule has 13 heavy (non-hydrogen) atoms. The molecule has 0 atom stereocenters. The molecule has 0 fully saturated rings. The Labute approximate surface area is 77.8 Å². The molecule has 0 saturated heterocycles. The zero-order chi connectivity index (χ0) is 10.1. The zero-order valence-corrected chi connectivity index (χ0v) is 7.66. The third-order valence-corrected chi connectivity index (χ3v) is 1.46. The maximum absolute atomic E-state index is 11.0. The van der Waals surface area contributed by atoms with Crippen molar-refractivity contribution >= 4 is 5.97 Å². The normalized spacial score (nSPS) is 9.69. The van der Waals surface area contributed by atoms with Crippen LogP contribution in [0.1, 0.15) is 19.3 Å². The first-order chi connectivity index (χ1) is 6.22. The highest BCUT2D eigenvalue weighted by Gasteiger charge is 2.06. The third-order valence-electron chi connectivity index (χ3n) is 1.46. The van der Waals surface area contributed by atoms with Gasteiger partial charge in [0.15, 0.2) is 0 Å². The number of carbonyl (C=O) groups is 1. The minimum absolute atomic E-state index is 0.0103. The highest BCUT2D eigenvalue weighted by Crippen LogP contribution is 2.04. The van der Waals surface area contributed by atoms with Crippen molar-refractivity contribution in [2.75, 3.05) is 19.8 Å². The lowest BCUT2D eigenvalue weighted by molar-refractivity contribution is -0.139. The van der Waals surface area contributed by atoms with Crippen LogP contribution in [0.4, 0.5) is 0 Å². The standard InChI is InChI=1S/C9H16O4/c1-8(4-2-5-10)9(12)13-7-3-6-11/h10-11H,1-7H2. The van der Waals surface area contributed by atoms with Crippen LogP contribution in [0.25, 0.3) is 0 Å². The van der Waals surface area contributed by atoms with Crippen LogP contribution in [0.2, 0.25) is 0 Å². The molecule has 0 rings (SSSR count). The number of esters is 1. The quantitative estimate of drug-likeness (QED) is 0.341. The highest BCUT2D eigenvalue weighted by atomic mass is 16.5. The molecule has 0 aromatic carbocycles. The molecule has 0 spiro atoms. The molecule has 0 aromatic heterocycles. The van der Waals surface area contributed by atoms with Gasteiger partial charge in [-0.2, -0.15) is 0 Å². The van der Waals surface area contributed by atoms with Gasteiger partial charge in [-0.15, -0.1) is 0 Å². The predicted molar refractivity (Wildman–Crippen MR) is 48.1 cm³/mol. The molecule has 2 N–H and O–H groups in total. The lowest BCUT2D eigenvalue weighted by Crippen LogP contribution is -2.09. The topological polar surface area (TPSA) is 66.8 Å². The van der Waals surface area contributed by atoms with E-state index in [9.17, 15) is 4.79 Å². The van der Waals surface area contributed by atoms with E-state index >= 15 is 0 Å². The number of ether oxygens (including phenoxy) is 1. The van der Waals surface area contributed by atoms with Crippen molar-refractivity contribution in [3.05, 3.63) is 12.2 Å². The van der Waals surface area contributed by atoms with Crippen LogP contribution in [0, 0.1) is 0 Å². The largest absolute Gasteiger partial charge is 0.462 e. The van der Waals surface area contributed by atoms with Crippen molar-refractivity contribution in [1.82, 2.24) is 0 Å². The van der Waals surface area contributed by atoms with Crippen LogP contribution < -0.4 is 0 Å². The maximum Gasteiger partial charge on any atom is 0.333 e. The summed E-state index contributed by atoms with van der Waals surface area (Å²) in [4.78, 5) is 11.0. The Bertz CT molecular complexity index is 165. The molecule has 0 heterocycles. The molecule has 4 nitrogen and oxygen atoms in total. The molecule has 0 aliphatic carbocycles. The van der Waals surface area contributed by atoms with E-state index in [1.807, 2.05) is 0 Å². The van der Waals surface area contributed by atoms with Gasteiger partial charge in [0.05, 0.1) is 6.61 Å². The number of aliphatic hydroxyl groups is 2. The molecule has 0 aromatic rings. The Kier molecular flexibility index (Phi) is 7.24. The zero-order valence-electron chi connectivity index (χ0n) is 7.66. The van der Waals surface area contributed by atoms with E-state index in [4.69, 9.17) is 14.9 Å². The molecule has 0 unspecified atom stereocenters. The number of carbonyl (C=O) groups excluding carboxylic acids is 1. The molecule has 76 valence electrons. The van der Waals surface area contributed by atoms with E-state index < -0.39 is 5.97 Å². The van der Waals surface area contributed by atoms with Crippen LogP contribution in [0.3, 0.4) is 0 Å². The summed E-state index contributed by atoms with van der Waals surface area (Å²) in [5, 5.41) is 16.9. The second kappa shape index (κ2) is 7.76. The average Bonchev–Trinajstić information content (AvgIpc) is 2.14. The monoisotopic (exact) mass is 188 g/mol. The van der Waals surface area contributed by atoms with Gasteiger partial charge in [-0.25, -0.2) is 4.79 Å². The molecule has 0 bridgehead atoms. The Balaban J connectivity index is 3.51. The van der Waals surface area contributed by atoms with Crippen molar-refractivity contribution in [3.8, 4) is 0 Å². The van der Waals surface area contributed by atoms with Crippen LogP contribution in [-0.2, 0) is 9.53 Å². The summed E-state index contributed by atoms with van der Waals surface area (Å²) < 4.78 is 4.76. The third kappa shape index (κ3) is 6.31. The molecule has 0 aliphatic heterocycles. The minimum Gasteiger partial charge on any atom is -0.462 e. The Morgan fingerprint density at radius 2 is 1.85 bits per heavy atom. The minimum atomic E-state index is -0.443. The van der Waals surface area contributed by atoms with Crippen molar-refractivity contribution in [1.29, 1.82) is 0 Å². The first kappa shape index (κ1) is 12.1. The van der Waals surface area contributed by atoms with Crippen molar-refractivity contribution in [2.24, 2.45) is 0 Å². The van der Waals surface area contributed by atoms with Gasteiger partial charge in [-0.1, -0.05) is 6.58 Å². The summed E-state index contributed by atoms with van der Waals surface area (Å²) >= 11 is 0. The van der Waals surface area contributed by atoms with Gasteiger partial charge >= 0.3 is 5.97 Å². The van der Waals surface area contributed by atoms with Crippen molar-refractivity contribution in [2.45, 2.75) is 19.3 Å². The van der Waals surface area contributed by atoms with E-state index in [1.54, 1.807) is 0 Å². The second-order valence-electron chi connectivity index (χ2n) is 2.64. The predicted octanol–water partition coefficient (Wildman–Crippen LogP) is 0.241. The van der Waals surface area contributed by atoms with Gasteiger partial charge in [0.2, 0.25) is 0 Å². The van der Waals surface area contributed by atoms with Crippen molar-refractivity contribution < 1.29 is 19.7 Å². The van der Waals surface area contributed by atoms with Crippen LogP contribution in [0.5, 0.6) is 0 Å². The summed E-state index contributed by atoms with van der Waals surface area (Å²) in [6, 6.07) is 0. The molecule has 0 aliphatic rings. The summed E-state index contributed by atoms with van der Waals surface area (Å²) in [6.07, 6.45) is 1.42. The fourth-order valence-corrected chi connectivity index (χ4v) is 0.726. The summed E-state index contributed by atoms with van der Waals surface area (Å²) in [7, 11) is 0. The summed E-state index contributed by atoms with van der Waals surface area (Å²) in [6.45, 7) is 3.79. The molecular weight excluding hydrogens is 172 g/mol. The molecule has 0 saturated carbocycles. The Hall–Kier alpha value is -0.870. The van der Waals surface area contributed by atoms with Crippen LogP contribution in [-0.4, -0.2) is 36.0 Å². The van der Waals surface area contributed by atoms with Crippen molar-refractivity contribution in [3.63, 3.8) is 0 Å². The first-order valence-electron chi connectivity index (χ1n) is 4.29. The SMILES string of the molecule is C=C(CCCO)C(=O)OCCCO. The lowest BCUT2D eigenvalue weighted by atomic mass is 10.2. The highest BCUT2D eigenvalue weighted by molar-refractivity contribution is 5.87. The fourth-order valence-electron chi connectivity index (χ4n) is 0.726. The van der Waals surface area contributed by atoms with Gasteiger partial charge in [0.25, 0.3) is 0 Å². The number of aliphatic hydroxyl groups excluding tert-OH is 2. The smallest absolute Gasteiger partial charge is 0.333 e. The van der Waals surface area contributed by atoms with Gasteiger partial charge in [-0.3, -0.25) is 0 Å². The molecule has 0 radical (unpaired) electrons. The summed E-state index contributed by atoms with van der Waals surface area (Å²) in [5.74, 6) is -0.443. The van der Waals surface area contributed by atoms with Gasteiger partial charge in [0, 0.05) is 25.2 Å². The maximum atomic E-state index is 11.0. The Morgan fingerprint density at radius 3 is 2.38 bits per heavy atom. The average molecular weight is 188 g/mol. The first-order valence-corrected chi connectivity index (χ1v) is 4.29. The van der Waals surface area contributed by atoms with Crippen LogP contribution in [0.15, 0.2) is 12.2 Å². The molecule has 4 heteroatoms. The van der Waals surface area contributed by atoms with Gasteiger partial charge < -0.3 is 14.9 Å². The fraction of sp³-hybridized carbons (Fsp3) is 0.667. The van der Waals surface area contributed by atoms with E-state index in [1.165, 1.54) is 0 Å². The summed E-state index contributed by atoms with van der Waals surface area (Å²) in [5.41, 5.74) is 0.368. The molecular formula is C9H16O4.